The van der Waals surface area contributed by atoms with Crippen LogP contribution in [0.15, 0.2) is 70.6 Å². The molecule has 22 heavy (non-hydrogen) atoms. The Labute approximate surface area is 133 Å². The molecule has 0 heterocycles. The number of rotatable bonds is 7. The number of nitrogens with zero attached hydrogens (tertiary/aromatic N) is 2. The summed E-state index contributed by atoms with van der Waals surface area (Å²) >= 11 is 0. The van der Waals surface area contributed by atoms with Gasteiger partial charge in [-0.05, 0) is 44.0 Å². The standard InChI is InChI=1S/C20H24N2/c1-3-4-7-16-20(22-19-14-10-6-11-15-19)17(2)21-18-12-8-5-9-13-18/h5-6,8-15H,3-4,7,16H2,1-2H3. The highest BCUT2D eigenvalue weighted by molar-refractivity contribution is 6.42. The second kappa shape index (κ2) is 8.93. The molecule has 0 aliphatic rings. The van der Waals surface area contributed by atoms with E-state index < -0.39 is 0 Å². The number of hydrogen-bond donors (Lipinski definition) is 0. The Balaban J connectivity index is 2.23. The summed E-state index contributed by atoms with van der Waals surface area (Å²) < 4.78 is 0. The van der Waals surface area contributed by atoms with E-state index in [1.54, 1.807) is 0 Å². The lowest BCUT2D eigenvalue weighted by molar-refractivity contribution is 0.744. The first-order valence-electron chi connectivity index (χ1n) is 8.03. The molecule has 0 aromatic heterocycles. The number of para-hydroxylation sites is 2. The Morgan fingerprint density at radius 2 is 1.32 bits per heavy atom. The van der Waals surface area contributed by atoms with Crippen LogP contribution >= 0.6 is 0 Å². The van der Waals surface area contributed by atoms with E-state index >= 15 is 0 Å². The third-order valence-electron chi connectivity index (χ3n) is 3.51. The van der Waals surface area contributed by atoms with Crippen LogP contribution in [0.25, 0.3) is 0 Å². The topological polar surface area (TPSA) is 24.7 Å². The van der Waals surface area contributed by atoms with Crippen LogP contribution in [0.2, 0.25) is 0 Å². The molecular formula is C20H24N2. The van der Waals surface area contributed by atoms with Crippen molar-refractivity contribution < 1.29 is 0 Å². The first kappa shape index (κ1) is 16.2. The fraction of sp³-hybridized carbons (Fsp3) is 0.300. The molecule has 0 fully saturated rings. The molecule has 0 aliphatic carbocycles. The van der Waals surface area contributed by atoms with E-state index in [4.69, 9.17) is 9.98 Å². The van der Waals surface area contributed by atoms with Gasteiger partial charge in [0.15, 0.2) is 0 Å². The second-order valence-electron chi connectivity index (χ2n) is 5.38. The monoisotopic (exact) mass is 292 g/mol. The van der Waals surface area contributed by atoms with Crippen molar-refractivity contribution in [2.75, 3.05) is 0 Å². The molecule has 114 valence electrons. The molecule has 0 radical (unpaired) electrons. The summed E-state index contributed by atoms with van der Waals surface area (Å²) in [7, 11) is 0. The van der Waals surface area contributed by atoms with E-state index in [1.807, 2.05) is 60.7 Å². The first-order valence-corrected chi connectivity index (χ1v) is 8.03. The van der Waals surface area contributed by atoms with Gasteiger partial charge in [-0.2, -0.15) is 0 Å². The molecule has 0 saturated carbocycles. The number of benzene rings is 2. The predicted octanol–water partition coefficient (Wildman–Crippen LogP) is 6.13. The zero-order valence-corrected chi connectivity index (χ0v) is 13.5. The summed E-state index contributed by atoms with van der Waals surface area (Å²) in [6.45, 7) is 4.28. The molecular weight excluding hydrogens is 268 g/mol. The van der Waals surface area contributed by atoms with Crippen molar-refractivity contribution in [2.24, 2.45) is 9.98 Å². The molecule has 0 bridgehead atoms. The smallest absolute Gasteiger partial charge is 0.0633 e. The summed E-state index contributed by atoms with van der Waals surface area (Å²) in [6.07, 6.45) is 4.58. The highest BCUT2D eigenvalue weighted by atomic mass is 14.8. The summed E-state index contributed by atoms with van der Waals surface area (Å²) in [6, 6.07) is 20.2. The van der Waals surface area contributed by atoms with Gasteiger partial charge in [-0.3, -0.25) is 9.98 Å². The Kier molecular flexibility index (Phi) is 6.56. The van der Waals surface area contributed by atoms with Gasteiger partial charge in [-0.1, -0.05) is 56.2 Å². The van der Waals surface area contributed by atoms with Crippen molar-refractivity contribution >= 4 is 22.8 Å². The van der Waals surface area contributed by atoms with Gasteiger partial charge in [0.2, 0.25) is 0 Å². The largest absolute Gasteiger partial charge is 0.252 e. The summed E-state index contributed by atoms with van der Waals surface area (Å²) in [5, 5.41) is 0. The van der Waals surface area contributed by atoms with Gasteiger partial charge >= 0.3 is 0 Å². The fourth-order valence-electron chi connectivity index (χ4n) is 2.28. The van der Waals surface area contributed by atoms with Crippen LogP contribution in [0.1, 0.15) is 39.5 Å². The zero-order chi connectivity index (χ0) is 15.6. The minimum Gasteiger partial charge on any atom is -0.252 e. The third kappa shape index (κ3) is 5.28. The van der Waals surface area contributed by atoms with Gasteiger partial charge < -0.3 is 0 Å². The molecule has 0 N–H and O–H groups in total. The number of unbranched alkanes of at least 4 members (excludes halogenated alkanes) is 2. The van der Waals surface area contributed by atoms with E-state index in [9.17, 15) is 0 Å². The van der Waals surface area contributed by atoms with Gasteiger partial charge in [-0.25, -0.2) is 0 Å². The Bertz CT molecular complexity index is 613. The van der Waals surface area contributed by atoms with Gasteiger partial charge in [0.25, 0.3) is 0 Å². The lowest BCUT2D eigenvalue weighted by atomic mass is 10.1. The van der Waals surface area contributed by atoms with E-state index in [0.717, 1.165) is 35.6 Å². The lowest BCUT2D eigenvalue weighted by Gasteiger charge is -2.07. The van der Waals surface area contributed by atoms with Crippen molar-refractivity contribution in [2.45, 2.75) is 39.5 Å². The fourth-order valence-corrected chi connectivity index (χ4v) is 2.28. The van der Waals surface area contributed by atoms with Gasteiger partial charge in [-0.15, -0.1) is 0 Å². The average Bonchev–Trinajstić information content (AvgIpc) is 2.56. The predicted molar refractivity (Wildman–Crippen MR) is 96.9 cm³/mol. The van der Waals surface area contributed by atoms with E-state index in [1.165, 1.54) is 12.8 Å². The summed E-state index contributed by atoms with van der Waals surface area (Å²) in [4.78, 5) is 9.53. The Morgan fingerprint density at radius 3 is 1.86 bits per heavy atom. The van der Waals surface area contributed by atoms with E-state index in [0.29, 0.717) is 0 Å². The van der Waals surface area contributed by atoms with E-state index in [-0.39, 0.29) is 0 Å². The average molecular weight is 292 g/mol. The highest BCUT2D eigenvalue weighted by Gasteiger charge is 2.05. The summed E-state index contributed by atoms with van der Waals surface area (Å²) in [5.74, 6) is 0. The van der Waals surface area contributed by atoms with Crippen molar-refractivity contribution in [1.82, 2.24) is 0 Å². The van der Waals surface area contributed by atoms with Crippen LogP contribution in [-0.2, 0) is 0 Å². The van der Waals surface area contributed by atoms with Gasteiger partial charge in [0.05, 0.1) is 22.8 Å². The molecule has 2 aromatic rings. The van der Waals surface area contributed by atoms with Crippen LogP contribution in [0.4, 0.5) is 11.4 Å². The minimum absolute atomic E-state index is 0.977. The SMILES string of the molecule is CCCCCC(=Nc1ccccc1)C(C)=Nc1ccccc1. The van der Waals surface area contributed by atoms with Gasteiger partial charge in [0, 0.05) is 0 Å². The van der Waals surface area contributed by atoms with E-state index in [2.05, 4.69) is 13.8 Å². The second-order valence-corrected chi connectivity index (χ2v) is 5.38. The normalized spacial score (nSPS) is 12.5. The molecule has 0 spiro atoms. The molecule has 0 amide bonds. The Morgan fingerprint density at radius 1 is 0.773 bits per heavy atom. The highest BCUT2D eigenvalue weighted by Crippen LogP contribution is 2.16. The molecule has 0 atom stereocenters. The van der Waals surface area contributed by atoms with Crippen LogP contribution < -0.4 is 0 Å². The van der Waals surface area contributed by atoms with Crippen molar-refractivity contribution in [1.29, 1.82) is 0 Å². The van der Waals surface area contributed by atoms with Crippen LogP contribution in [0.3, 0.4) is 0 Å². The van der Waals surface area contributed by atoms with Crippen molar-refractivity contribution in [3.8, 4) is 0 Å². The molecule has 2 nitrogen and oxygen atoms in total. The number of hydrogen-bond acceptors (Lipinski definition) is 2. The third-order valence-corrected chi connectivity index (χ3v) is 3.51. The quantitative estimate of drug-likeness (QED) is 0.433. The maximum absolute atomic E-state index is 4.81. The molecule has 0 aliphatic heterocycles. The molecule has 0 unspecified atom stereocenters. The zero-order valence-electron chi connectivity index (χ0n) is 13.5. The maximum atomic E-state index is 4.81. The molecule has 2 heteroatoms. The molecule has 0 saturated heterocycles. The van der Waals surface area contributed by atoms with Gasteiger partial charge in [0.1, 0.15) is 0 Å². The van der Waals surface area contributed by atoms with Crippen molar-refractivity contribution in [3.05, 3.63) is 60.7 Å². The summed E-state index contributed by atoms with van der Waals surface area (Å²) in [5.41, 5.74) is 4.07. The molecule has 2 rings (SSSR count). The van der Waals surface area contributed by atoms with Crippen LogP contribution in [0, 0.1) is 0 Å². The number of aliphatic imine (C=N–C) groups is 2. The lowest BCUT2D eigenvalue weighted by Crippen LogP contribution is -2.10. The van der Waals surface area contributed by atoms with Crippen LogP contribution in [0.5, 0.6) is 0 Å². The maximum Gasteiger partial charge on any atom is 0.0633 e. The van der Waals surface area contributed by atoms with Crippen LogP contribution in [-0.4, -0.2) is 11.4 Å². The Hall–Kier alpha value is -2.22. The van der Waals surface area contributed by atoms with Crippen molar-refractivity contribution in [3.63, 3.8) is 0 Å². The molecule has 2 aromatic carbocycles. The first-order chi connectivity index (χ1) is 10.8. The minimum atomic E-state index is 0.977.